The number of Topliss-reactive ketones (excluding diaryl/α,β-unsaturated/α-hetero) is 1. The fraction of sp³-hybridized carbons (Fsp3) is 0.963. The van der Waals surface area contributed by atoms with E-state index in [2.05, 4.69) is 27.7 Å². The zero-order chi connectivity index (χ0) is 21.8. The van der Waals surface area contributed by atoms with Gasteiger partial charge in [-0.2, -0.15) is 0 Å². The molecule has 6 fully saturated rings. The van der Waals surface area contributed by atoms with E-state index >= 15 is 0 Å². The van der Waals surface area contributed by atoms with E-state index in [1.165, 1.54) is 19.3 Å². The van der Waals surface area contributed by atoms with Crippen molar-refractivity contribution in [1.29, 1.82) is 0 Å². The summed E-state index contributed by atoms with van der Waals surface area (Å²) in [5, 5.41) is 10.3. The van der Waals surface area contributed by atoms with Crippen LogP contribution in [0.1, 0.15) is 85.5 Å². The first-order valence-electron chi connectivity index (χ1n) is 13.2. The molecule has 6 rings (SSSR count). The molecule has 0 amide bonds. The van der Waals surface area contributed by atoms with Crippen molar-refractivity contribution in [3.05, 3.63) is 0 Å². The average Bonchev–Trinajstić information content (AvgIpc) is 3.17. The van der Waals surface area contributed by atoms with Crippen molar-refractivity contribution >= 4 is 5.78 Å². The summed E-state index contributed by atoms with van der Waals surface area (Å²) in [6, 6.07) is 0. The van der Waals surface area contributed by atoms with Crippen LogP contribution in [-0.4, -0.2) is 35.5 Å². The molecule has 4 heteroatoms. The van der Waals surface area contributed by atoms with Crippen LogP contribution in [0, 0.1) is 52.3 Å². The highest BCUT2D eigenvalue weighted by Crippen LogP contribution is 2.71. The molecule has 2 heterocycles. The summed E-state index contributed by atoms with van der Waals surface area (Å²) in [5.41, 5.74) is 0.355. The molecule has 0 radical (unpaired) electrons. The molecular weight excluding hydrogens is 388 g/mol. The van der Waals surface area contributed by atoms with Crippen molar-refractivity contribution in [3.63, 3.8) is 0 Å². The van der Waals surface area contributed by atoms with Gasteiger partial charge in [-0.25, -0.2) is 0 Å². The van der Waals surface area contributed by atoms with Crippen LogP contribution in [-0.2, 0) is 14.3 Å². The van der Waals surface area contributed by atoms with E-state index in [-0.39, 0.29) is 28.6 Å². The molecule has 31 heavy (non-hydrogen) atoms. The summed E-state index contributed by atoms with van der Waals surface area (Å²) in [6.07, 6.45) is 9.21. The van der Waals surface area contributed by atoms with Gasteiger partial charge < -0.3 is 14.6 Å². The Bertz CT molecular complexity index is 756. The van der Waals surface area contributed by atoms with Gasteiger partial charge in [-0.15, -0.1) is 0 Å². The lowest BCUT2D eigenvalue weighted by molar-refractivity contribution is -0.273. The van der Waals surface area contributed by atoms with Crippen LogP contribution < -0.4 is 0 Å². The van der Waals surface area contributed by atoms with E-state index in [1.54, 1.807) is 0 Å². The summed E-state index contributed by atoms with van der Waals surface area (Å²) >= 11 is 0. The van der Waals surface area contributed by atoms with E-state index in [9.17, 15) is 9.90 Å². The van der Waals surface area contributed by atoms with Gasteiger partial charge >= 0.3 is 0 Å². The minimum Gasteiger partial charge on any atom is -0.393 e. The standard InChI is InChI=1S/C27H42O4/c1-15-5-10-27(30-14-15)16(2)24-23(31-27)13-20-18-12-22(29)21-11-17(28)6-8-25(21,3)19(18)7-9-26(20,24)4/h15-21,23-24,28H,5-14H2,1-4H3/t15?,16-,17-,18+,19-,20-,21+,23-,24-,25+,26-,27+/m0/s1. The number of rotatable bonds is 0. The molecule has 0 aromatic rings. The van der Waals surface area contributed by atoms with Crippen LogP contribution in [0.3, 0.4) is 0 Å². The molecule has 12 atom stereocenters. The second-order valence-corrected chi connectivity index (χ2v) is 13.1. The number of carbonyl (C=O) groups excluding carboxylic acids is 1. The molecule has 2 saturated heterocycles. The number of aliphatic hydroxyl groups is 1. The highest BCUT2D eigenvalue weighted by atomic mass is 16.7. The predicted molar refractivity (Wildman–Crippen MR) is 118 cm³/mol. The highest BCUT2D eigenvalue weighted by molar-refractivity contribution is 5.83. The Morgan fingerprint density at radius 1 is 0.968 bits per heavy atom. The number of aliphatic hydroxyl groups excluding tert-OH is 1. The number of carbonyl (C=O) groups is 1. The Morgan fingerprint density at radius 2 is 1.74 bits per heavy atom. The van der Waals surface area contributed by atoms with Crippen LogP contribution in [0.2, 0.25) is 0 Å². The summed E-state index contributed by atoms with van der Waals surface area (Å²) in [7, 11) is 0. The lowest BCUT2D eigenvalue weighted by Crippen LogP contribution is -2.57. The molecule has 174 valence electrons. The molecule has 0 aromatic heterocycles. The fourth-order valence-corrected chi connectivity index (χ4v) is 10.0. The maximum Gasteiger partial charge on any atom is 0.171 e. The molecule has 1 unspecified atom stereocenters. The van der Waals surface area contributed by atoms with Crippen molar-refractivity contribution < 1.29 is 19.4 Å². The predicted octanol–water partition coefficient (Wildman–Crippen LogP) is 4.97. The van der Waals surface area contributed by atoms with Crippen molar-refractivity contribution in [1.82, 2.24) is 0 Å². The van der Waals surface area contributed by atoms with Gasteiger partial charge in [0.05, 0.1) is 18.8 Å². The van der Waals surface area contributed by atoms with Gasteiger partial charge in [0.15, 0.2) is 5.79 Å². The third kappa shape index (κ3) is 2.74. The first-order valence-corrected chi connectivity index (χ1v) is 13.2. The molecular formula is C27H42O4. The van der Waals surface area contributed by atoms with Crippen molar-refractivity contribution in [3.8, 4) is 0 Å². The van der Waals surface area contributed by atoms with E-state index in [0.717, 1.165) is 38.7 Å². The molecule has 1 N–H and O–H groups in total. The third-order valence-corrected chi connectivity index (χ3v) is 11.7. The summed E-state index contributed by atoms with van der Waals surface area (Å²) in [6.45, 7) is 10.4. The van der Waals surface area contributed by atoms with Gasteiger partial charge in [-0.3, -0.25) is 4.79 Å². The quantitative estimate of drug-likeness (QED) is 0.589. The lowest BCUT2D eigenvalue weighted by atomic mass is 9.44. The first kappa shape index (κ1) is 21.1. The topological polar surface area (TPSA) is 55.8 Å². The Balaban J connectivity index is 1.28. The highest BCUT2D eigenvalue weighted by Gasteiger charge is 2.69. The van der Waals surface area contributed by atoms with E-state index in [1.807, 2.05) is 0 Å². The maximum absolute atomic E-state index is 13.3. The Labute approximate surface area is 187 Å². The lowest BCUT2D eigenvalue weighted by Gasteiger charge is -2.60. The zero-order valence-electron chi connectivity index (χ0n) is 19.9. The fourth-order valence-electron chi connectivity index (χ4n) is 10.0. The largest absolute Gasteiger partial charge is 0.393 e. The summed E-state index contributed by atoms with van der Waals surface area (Å²) in [5.74, 6) is 3.53. The van der Waals surface area contributed by atoms with Crippen molar-refractivity contribution in [2.24, 2.45) is 52.3 Å². The van der Waals surface area contributed by atoms with Crippen LogP contribution in [0.5, 0.6) is 0 Å². The molecule has 0 aromatic carbocycles. The minimum atomic E-state index is -0.356. The van der Waals surface area contributed by atoms with Gasteiger partial charge in [0.25, 0.3) is 0 Å². The average molecular weight is 431 g/mol. The number of ether oxygens (including phenoxy) is 2. The van der Waals surface area contributed by atoms with Crippen LogP contribution in [0.25, 0.3) is 0 Å². The van der Waals surface area contributed by atoms with Crippen molar-refractivity contribution in [2.45, 2.75) is 103 Å². The molecule has 2 aliphatic heterocycles. The third-order valence-electron chi connectivity index (χ3n) is 11.7. The molecule has 4 nitrogen and oxygen atoms in total. The van der Waals surface area contributed by atoms with Gasteiger partial charge in [-0.05, 0) is 85.4 Å². The van der Waals surface area contributed by atoms with Gasteiger partial charge in [-0.1, -0.05) is 27.7 Å². The summed E-state index contributed by atoms with van der Waals surface area (Å²) < 4.78 is 13.3. The second-order valence-electron chi connectivity index (χ2n) is 13.1. The van der Waals surface area contributed by atoms with Crippen molar-refractivity contribution in [2.75, 3.05) is 6.61 Å². The SMILES string of the molecule is CC1CC[C@@]2(OC1)O[C@H]1C[C@H]3[C@@H]4CC(=O)[C@H]5C[C@@H](O)CC[C@]5(C)[C@H]4CC[C@]3(C)[C@H]1[C@@H]2C. The minimum absolute atomic E-state index is 0.0823. The van der Waals surface area contributed by atoms with Gasteiger partial charge in [0, 0.05) is 24.7 Å². The second kappa shape index (κ2) is 6.79. The maximum atomic E-state index is 13.3. The molecule has 4 aliphatic carbocycles. The smallest absolute Gasteiger partial charge is 0.171 e. The molecule has 6 aliphatic rings. The van der Waals surface area contributed by atoms with Gasteiger partial charge in [0.1, 0.15) is 5.78 Å². The molecule has 1 spiro atoms. The zero-order valence-corrected chi connectivity index (χ0v) is 19.9. The molecule has 0 bridgehead atoms. The Morgan fingerprint density at radius 3 is 2.48 bits per heavy atom. The summed E-state index contributed by atoms with van der Waals surface area (Å²) in [4.78, 5) is 13.3. The van der Waals surface area contributed by atoms with E-state index < -0.39 is 0 Å². The number of hydrogen-bond donors (Lipinski definition) is 1. The number of ketones is 1. The van der Waals surface area contributed by atoms with E-state index in [0.29, 0.717) is 53.8 Å². The Kier molecular flexibility index (Phi) is 4.62. The molecule has 4 saturated carbocycles. The van der Waals surface area contributed by atoms with Gasteiger partial charge in [0.2, 0.25) is 0 Å². The first-order chi connectivity index (χ1) is 14.7. The monoisotopic (exact) mass is 430 g/mol. The number of fused-ring (bicyclic) bond motifs is 7. The van der Waals surface area contributed by atoms with E-state index in [4.69, 9.17) is 9.47 Å². The normalized spacial score (nSPS) is 60.9. The van der Waals surface area contributed by atoms with Crippen LogP contribution in [0.15, 0.2) is 0 Å². The van der Waals surface area contributed by atoms with Crippen LogP contribution >= 0.6 is 0 Å². The Hall–Kier alpha value is -0.450. The number of hydrogen-bond acceptors (Lipinski definition) is 4. The van der Waals surface area contributed by atoms with Crippen LogP contribution in [0.4, 0.5) is 0 Å².